The molecule has 0 unspecified atom stereocenters. The Labute approximate surface area is 128 Å². The SMILES string of the molecule is Nc1cc(C(=O)Nc2cccc(OC(F)F)c2)ccc1Br. The third-order valence-electron chi connectivity index (χ3n) is 2.58. The summed E-state index contributed by atoms with van der Waals surface area (Å²) in [6.07, 6.45) is 0. The molecule has 3 N–H and O–H groups in total. The number of amides is 1. The maximum Gasteiger partial charge on any atom is 0.387 e. The predicted octanol–water partition coefficient (Wildman–Crippen LogP) is 3.89. The van der Waals surface area contributed by atoms with Crippen LogP contribution in [0.15, 0.2) is 46.9 Å². The van der Waals surface area contributed by atoms with Gasteiger partial charge in [-0.3, -0.25) is 4.79 Å². The Bertz CT molecular complexity index is 665. The van der Waals surface area contributed by atoms with Gasteiger partial charge >= 0.3 is 6.61 Å². The van der Waals surface area contributed by atoms with Crippen molar-refractivity contribution in [2.45, 2.75) is 6.61 Å². The normalized spacial score (nSPS) is 10.5. The van der Waals surface area contributed by atoms with Crippen LogP contribution in [0.25, 0.3) is 0 Å². The van der Waals surface area contributed by atoms with Gasteiger partial charge < -0.3 is 15.8 Å². The summed E-state index contributed by atoms with van der Waals surface area (Å²) < 4.78 is 29.2. The molecule has 2 rings (SSSR count). The molecule has 2 aromatic carbocycles. The Balaban J connectivity index is 2.13. The smallest absolute Gasteiger partial charge is 0.387 e. The lowest BCUT2D eigenvalue weighted by molar-refractivity contribution is -0.0497. The molecule has 0 spiro atoms. The van der Waals surface area contributed by atoms with E-state index in [-0.39, 0.29) is 5.75 Å². The number of anilines is 2. The molecule has 2 aromatic rings. The molecule has 0 radical (unpaired) electrons. The van der Waals surface area contributed by atoms with Crippen LogP contribution in [0.5, 0.6) is 5.75 Å². The molecule has 0 atom stereocenters. The van der Waals surface area contributed by atoms with Gasteiger partial charge in [0.2, 0.25) is 0 Å². The second-order valence-corrected chi connectivity index (χ2v) is 4.95. The second kappa shape index (κ2) is 6.53. The molecule has 0 aliphatic heterocycles. The maximum absolute atomic E-state index is 12.1. The first-order chi connectivity index (χ1) is 9.95. The molecule has 0 heterocycles. The average molecular weight is 357 g/mol. The lowest BCUT2D eigenvalue weighted by atomic mass is 10.2. The summed E-state index contributed by atoms with van der Waals surface area (Å²) in [6.45, 7) is -2.91. The molecule has 7 heteroatoms. The number of carbonyl (C=O) groups excluding carboxylic acids is 1. The van der Waals surface area contributed by atoms with Crippen LogP contribution in [0.4, 0.5) is 20.2 Å². The molecule has 0 fully saturated rings. The van der Waals surface area contributed by atoms with E-state index in [1.165, 1.54) is 24.3 Å². The lowest BCUT2D eigenvalue weighted by Crippen LogP contribution is -2.12. The second-order valence-electron chi connectivity index (χ2n) is 4.10. The van der Waals surface area contributed by atoms with Crippen molar-refractivity contribution in [2.24, 2.45) is 0 Å². The molecule has 0 aliphatic carbocycles. The Morgan fingerprint density at radius 1 is 1.24 bits per heavy atom. The average Bonchev–Trinajstić information content (AvgIpc) is 2.41. The Morgan fingerprint density at radius 3 is 2.67 bits per heavy atom. The van der Waals surface area contributed by atoms with Crippen LogP contribution in [-0.2, 0) is 0 Å². The Kier molecular flexibility index (Phi) is 4.74. The fourth-order valence-electron chi connectivity index (χ4n) is 1.64. The number of halogens is 3. The summed E-state index contributed by atoms with van der Waals surface area (Å²) in [5.74, 6) is -0.429. The number of carbonyl (C=O) groups is 1. The maximum atomic E-state index is 12.1. The zero-order valence-electron chi connectivity index (χ0n) is 10.6. The highest BCUT2D eigenvalue weighted by Crippen LogP contribution is 2.22. The minimum atomic E-state index is -2.91. The van der Waals surface area contributed by atoms with E-state index < -0.39 is 12.5 Å². The number of hydrogen-bond donors (Lipinski definition) is 2. The van der Waals surface area contributed by atoms with Crippen molar-refractivity contribution < 1.29 is 18.3 Å². The van der Waals surface area contributed by atoms with E-state index in [9.17, 15) is 13.6 Å². The van der Waals surface area contributed by atoms with E-state index >= 15 is 0 Å². The quantitative estimate of drug-likeness (QED) is 0.817. The Hall–Kier alpha value is -2.15. The third-order valence-corrected chi connectivity index (χ3v) is 3.30. The van der Waals surface area contributed by atoms with Crippen molar-refractivity contribution >= 4 is 33.2 Å². The van der Waals surface area contributed by atoms with E-state index in [1.54, 1.807) is 18.2 Å². The minimum Gasteiger partial charge on any atom is -0.435 e. The summed E-state index contributed by atoms with van der Waals surface area (Å²) in [5, 5.41) is 2.58. The van der Waals surface area contributed by atoms with Crippen LogP contribution >= 0.6 is 15.9 Å². The molecule has 1 amide bonds. The first-order valence-corrected chi connectivity index (χ1v) is 6.66. The third kappa shape index (κ3) is 4.16. The fraction of sp³-hybridized carbons (Fsp3) is 0.0714. The van der Waals surface area contributed by atoms with Crippen LogP contribution < -0.4 is 15.8 Å². The van der Waals surface area contributed by atoms with Gasteiger partial charge in [0.1, 0.15) is 5.75 Å². The predicted molar refractivity (Wildman–Crippen MR) is 79.6 cm³/mol. The standard InChI is InChI=1S/C14H11BrF2N2O2/c15-11-5-4-8(6-12(11)18)13(20)19-9-2-1-3-10(7-9)21-14(16)17/h1-7,14H,18H2,(H,19,20). The van der Waals surface area contributed by atoms with Gasteiger partial charge in [0, 0.05) is 27.5 Å². The molecule has 0 aromatic heterocycles. The highest BCUT2D eigenvalue weighted by atomic mass is 79.9. The van der Waals surface area contributed by atoms with Crippen molar-refractivity contribution in [3.05, 3.63) is 52.5 Å². The van der Waals surface area contributed by atoms with Gasteiger partial charge in [-0.25, -0.2) is 0 Å². The van der Waals surface area contributed by atoms with Gasteiger partial charge in [0.25, 0.3) is 5.91 Å². The van der Waals surface area contributed by atoms with E-state index in [0.717, 1.165) is 0 Å². The van der Waals surface area contributed by atoms with E-state index in [2.05, 4.69) is 26.0 Å². The topological polar surface area (TPSA) is 64.4 Å². The summed E-state index contributed by atoms with van der Waals surface area (Å²) in [7, 11) is 0. The van der Waals surface area contributed by atoms with Crippen molar-refractivity contribution in [3.63, 3.8) is 0 Å². The van der Waals surface area contributed by atoms with Crippen molar-refractivity contribution in [1.82, 2.24) is 0 Å². The molecule has 0 bridgehead atoms. The number of nitrogens with two attached hydrogens (primary N) is 1. The molecule has 4 nitrogen and oxygen atoms in total. The molecule has 110 valence electrons. The van der Waals surface area contributed by atoms with Gasteiger partial charge in [-0.15, -0.1) is 0 Å². The number of nitrogen functional groups attached to an aromatic ring is 1. The largest absolute Gasteiger partial charge is 0.435 e. The monoisotopic (exact) mass is 356 g/mol. The van der Waals surface area contributed by atoms with Gasteiger partial charge in [-0.2, -0.15) is 8.78 Å². The van der Waals surface area contributed by atoms with Crippen LogP contribution in [0.1, 0.15) is 10.4 Å². The fourth-order valence-corrected chi connectivity index (χ4v) is 1.88. The molecule has 0 saturated heterocycles. The van der Waals surface area contributed by atoms with E-state index in [1.807, 2.05) is 0 Å². The van der Waals surface area contributed by atoms with Crippen LogP contribution in [0.2, 0.25) is 0 Å². The number of rotatable bonds is 4. The molecule has 0 saturated carbocycles. The van der Waals surface area contributed by atoms with Crippen molar-refractivity contribution in [3.8, 4) is 5.75 Å². The summed E-state index contributed by atoms with van der Waals surface area (Å²) in [6, 6.07) is 10.5. The van der Waals surface area contributed by atoms with Gasteiger partial charge in [0.05, 0.1) is 0 Å². The summed E-state index contributed by atoms with van der Waals surface area (Å²) >= 11 is 3.23. The lowest BCUT2D eigenvalue weighted by Gasteiger charge is -2.09. The zero-order chi connectivity index (χ0) is 15.4. The van der Waals surface area contributed by atoms with Crippen LogP contribution in [-0.4, -0.2) is 12.5 Å². The summed E-state index contributed by atoms with van der Waals surface area (Å²) in [4.78, 5) is 12.0. The first-order valence-electron chi connectivity index (χ1n) is 5.87. The first kappa shape index (κ1) is 15.2. The molecular formula is C14H11BrF2N2O2. The zero-order valence-corrected chi connectivity index (χ0v) is 12.2. The van der Waals surface area contributed by atoms with Crippen LogP contribution in [0, 0.1) is 0 Å². The minimum absolute atomic E-state index is 0.0295. The van der Waals surface area contributed by atoms with E-state index in [4.69, 9.17) is 5.73 Å². The molecule has 0 aliphatic rings. The Morgan fingerprint density at radius 2 is 2.00 bits per heavy atom. The van der Waals surface area contributed by atoms with Gasteiger partial charge in [-0.05, 0) is 46.3 Å². The van der Waals surface area contributed by atoms with Crippen LogP contribution in [0.3, 0.4) is 0 Å². The number of benzene rings is 2. The van der Waals surface area contributed by atoms with Gasteiger partial charge in [-0.1, -0.05) is 6.07 Å². The molecular weight excluding hydrogens is 346 g/mol. The van der Waals surface area contributed by atoms with Gasteiger partial charge in [0.15, 0.2) is 0 Å². The number of hydrogen-bond acceptors (Lipinski definition) is 3. The summed E-state index contributed by atoms with van der Waals surface area (Å²) in [5.41, 5.74) is 6.83. The number of ether oxygens (including phenoxy) is 1. The van der Waals surface area contributed by atoms with Crippen molar-refractivity contribution in [2.75, 3.05) is 11.1 Å². The number of nitrogens with one attached hydrogen (secondary N) is 1. The van der Waals surface area contributed by atoms with Crippen molar-refractivity contribution in [1.29, 1.82) is 0 Å². The number of alkyl halides is 2. The highest BCUT2D eigenvalue weighted by Gasteiger charge is 2.09. The molecule has 21 heavy (non-hydrogen) atoms. The highest BCUT2D eigenvalue weighted by molar-refractivity contribution is 9.10. The van der Waals surface area contributed by atoms with E-state index in [0.29, 0.717) is 21.4 Å².